The third kappa shape index (κ3) is 9.12. The van der Waals surface area contributed by atoms with Gasteiger partial charge in [0.05, 0.1) is 18.6 Å². The van der Waals surface area contributed by atoms with E-state index in [1.165, 1.54) is 0 Å². The summed E-state index contributed by atoms with van der Waals surface area (Å²) < 4.78 is 10.0. The Labute approximate surface area is 180 Å². The van der Waals surface area contributed by atoms with Gasteiger partial charge in [0.15, 0.2) is 6.61 Å². The highest BCUT2D eigenvalue weighted by Crippen LogP contribution is 2.12. The average Bonchev–Trinajstić information content (AvgIpc) is 2.76. The zero-order valence-electron chi connectivity index (χ0n) is 17.6. The Morgan fingerprint density at radius 3 is 2.03 bits per heavy atom. The lowest BCUT2D eigenvalue weighted by molar-refractivity contribution is -0.147. The van der Waals surface area contributed by atoms with Crippen LogP contribution in [0.4, 0.5) is 11.4 Å². The van der Waals surface area contributed by atoms with E-state index in [0.29, 0.717) is 23.5 Å². The second kappa shape index (κ2) is 12.1. The van der Waals surface area contributed by atoms with E-state index in [-0.39, 0.29) is 24.7 Å². The van der Waals surface area contributed by atoms with Crippen molar-refractivity contribution < 1.29 is 28.7 Å². The van der Waals surface area contributed by atoms with Crippen molar-refractivity contribution in [2.75, 3.05) is 23.8 Å². The Morgan fingerprint density at radius 2 is 1.39 bits per heavy atom. The van der Waals surface area contributed by atoms with Gasteiger partial charge in [0.1, 0.15) is 0 Å². The second-order valence-electron chi connectivity index (χ2n) is 7.19. The molecule has 0 unspecified atom stereocenters. The first-order chi connectivity index (χ1) is 14.8. The number of carbonyl (C=O) groups excluding carboxylic acids is 4. The lowest BCUT2D eigenvalue weighted by atomic mass is 10.2. The molecule has 31 heavy (non-hydrogen) atoms. The van der Waals surface area contributed by atoms with Crippen LogP contribution in [0, 0.1) is 5.92 Å². The van der Waals surface area contributed by atoms with E-state index in [1.807, 2.05) is 19.9 Å². The van der Waals surface area contributed by atoms with E-state index in [2.05, 4.69) is 10.6 Å². The van der Waals surface area contributed by atoms with Gasteiger partial charge in [-0.25, -0.2) is 4.79 Å². The van der Waals surface area contributed by atoms with E-state index in [9.17, 15) is 19.2 Å². The zero-order valence-corrected chi connectivity index (χ0v) is 17.6. The monoisotopic (exact) mass is 426 g/mol. The van der Waals surface area contributed by atoms with Gasteiger partial charge in [-0.1, -0.05) is 32.0 Å². The molecule has 0 spiro atoms. The number of esters is 2. The average molecular weight is 426 g/mol. The molecule has 2 aromatic rings. The van der Waals surface area contributed by atoms with E-state index >= 15 is 0 Å². The van der Waals surface area contributed by atoms with Gasteiger partial charge in [-0.3, -0.25) is 14.4 Å². The number of rotatable bonds is 10. The molecule has 2 amide bonds. The van der Waals surface area contributed by atoms with Crippen molar-refractivity contribution >= 4 is 35.1 Å². The standard InChI is InChI=1S/C23H26N2O6/c1-16(2)14-31-23(29)17-8-10-19(11-9-17)24-20(26)12-13-22(28)30-15-21(27)25-18-6-4-3-5-7-18/h3-11,16H,12-15H2,1-2H3,(H,24,26)(H,25,27). The number of carbonyl (C=O) groups is 4. The zero-order chi connectivity index (χ0) is 22.6. The summed E-state index contributed by atoms with van der Waals surface area (Å²) in [4.78, 5) is 47.4. The summed E-state index contributed by atoms with van der Waals surface area (Å²) in [5, 5.41) is 5.23. The lowest BCUT2D eigenvalue weighted by Gasteiger charge is -2.09. The van der Waals surface area contributed by atoms with Gasteiger partial charge in [-0.15, -0.1) is 0 Å². The molecule has 0 saturated carbocycles. The van der Waals surface area contributed by atoms with Crippen molar-refractivity contribution in [3.05, 3.63) is 60.2 Å². The molecule has 2 aromatic carbocycles. The van der Waals surface area contributed by atoms with Crippen LogP contribution in [0.25, 0.3) is 0 Å². The van der Waals surface area contributed by atoms with Gasteiger partial charge in [0, 0.05) is 17.8 Å². The van der Waals surface area contributed by atoms with Crippen molar-refractivity contribution in [1.82, 2.24) is 0 Å². The summed E-state index contributed by atoms with van der Waals surface area (Å²) in [6, 6.07) is 15.0. The summed E-state index contributed by atoms with van der Waals surface area (Å²) >= 11 is 0. The number of hydrogen-bond donors (Lipinski definition) is 2. The van der Waals surface area contributed by atoms with E-state index < -0.39 is 24.5 Å². The SMILES string of the molecule is CC(C)COC(=O)c1ccc(NC(=O)CCC(=O)OCC(=O)Nc2ccccc2)cc1. The van der Waals surface area contributed by atoms with Crippen LogP contribution in [-0.2, 0) is 23.9 Å². The number of hydrogen-bond acceptors (Lipinski definition) is 6. The fraction of sp³-hybridized carbons (Fsp3) is 0.304. The van der Waals surface area contributed by atoms with Crippen LogP contribution in [-0.4, -0.2) is 37.0 Å². The normalized spacial score (nSPS) is 10.3. The number of para-hydroxylation sites is 1. The third-order valence-electron chi connectivity index (χ3n) is 3.93. The molecule has 2 N–H and O–H groups in total. The highest BCUT2D eigenvalue weighted by Gasteiger charge is 2.12. The molecule has 0 aliphatic heterocycles. The Morgan fingerprint density at radius 1 is 0.774 bits per heavy atom. The molecule has 0 radical (unpaired) electrons. The van der Waals surface area contributed by atoms with Gasteiger partial charge in [0.25, 0.3) is 5.91 Å². The molecule has 0 bridgehead atoms. The first-order valence-corrected chi connectivity index (χ1v) is 9.91. The summed E-state index contributed by atoms with van der Waals surface area (Å²) in [5.74, 6) is -1.68. The van der Waals surface area contributed by atoms with Crippen LogP contribution in [0.2, 0.25) is 0 Å². The second-order valence-corrected chi connectivity index (χ2v) is 7.19. The summed E-state index contributed by atoms with van der Waals surface area (Å²) in [6.07, 6.45) is -0.263. The van der Waals surface area contributed by atoms with Crippen LogP contribution in [0.3, 0.4) is 0 Å². The fourth-order valence-electron chi connectivity index (χ4n) is 2.39. The minimum absolute atomic E-state index is 0.0999. The molecule has 164 valence electrons. The third-order valence-corrected chi connectivity index (χ3v) is 3.93. The minimum Gasteiger partial charge on any atom is -0.462 e. The van der Waals surface area contributed by atoms with Crippen LogP contribution in [0.1, 0.15) is 37.0 Å². The van der Waals surface area contributed by atoms with Crippen molar-refractivity contribution in [3.63, 3.8) is 0 Å². The smallest absolute Gasteiger partial charge is 0.338 e. The molecular weight excluding hydrogens is 400 g/mol. The van der Waals surface area contributed by atoms with Crippen molar-refractivity contribution in [2.45, 2.75) is 26.7 Å². The van der Waals surface area contributed by atoms with Crippen LogP contribution < -0.4 is 10.6 Å². The molecule has 0 aliphatic rings. The molecule has 0 saturated heterocycles. The fourth-order valence-corrected chi connectivity index (χ4v) is 2.39. The largest absolute Gasteiger partial charge is 0.462 e. The van der Waals surface area contributed by atoms with Gasteiger partial charge < -0.3 is 20.1 Å². The molecule has 0 aromatic heterocycles. The number of benzene rings is 2. The molecule has 0 atom stereocenters. The van der Waals surface area contributed by atoms with Gasteiger partial charge in [0.2, 0.25) is 5.91 Å². The predicted molar refractivity (Wildman–Crippen MR) is 115 cm³/mol. The molecule has 0 aliphatic carbocycles. The van der Waals surface area contributed by atoms with Gasteiger partial charge >= 0.3 is 11.9 Å². The van der Waals surface area contributed by atoms with Crippen LogP contribution >= 0.6 is 0 Å². The number of amides is 2. The Hall–Kier alpha value is -3.68. The van der Waals surface area contributed by atoms with Gasteiger partial charge in [-0.05, 0) is 42.3 Å². The van der Waals surface area contributed by atoms with Gasteiger partial charge in [-0.2, -0.15) is 0 Å². The summed E-state index contributed by atoms with van der Waals surface area (Å²) in [5.41, 5.74) is 1.47. The van der Waals surface area contributed by atoms with Crippen molar-refractivity contribution in [2.24, 2.45) is 5.92 Å². The summed E-state index contributed by atoms with van der Waals surface area (Å²) in [7, 11) is 0. The maximum Gasteiger partial charge on any atom is 0.338 e. The summed E-state index contributed by atoms with van der Waals surface area (Å²) in [6.45, 7) is 3.80. The highest BCUT2D eigenvalue weighted by atomic mass is 16.5. The quantitative estimate of drug-likeness (QED) is 0.564. The van der Waals surface area contributed by atoms with E-state index in [4.69, 9.17) is 9.47 Å². The molecule has 8 heteroatoms. The molecule has 0 fully saturated rings. The Balaban J connectivity index is 1.68. The maximum absolute atomic E-state index is 12.0. The van der Waals surface area contributed by atoms with Crippen molar-refractivity contribution in [3.8, 4) is 0 Å². The molecule has 0 heterocycles. The topological polar surface area (TPSA) is 111 Å². The van der Waals surface area contributed by atoms with Crippen molar-refractivity contribution in [1.29, 1.82) is 0 Å². The van der Waals surface area contributed by atoms with E-state index in [0.717, 1.165) is 0 Å². The first-order valence-electron chi connectivity index (χ1n) is 9.91. The number of nitrogens with one attached hydrogen (secondary N) is 2. The first kappa shape index (κ1) is 23.6. The maximum atomic E-state index is 12.0. The molecule has 8 nitrogen and oxygen atoms in total. The lowest BCUT2D eigenvalue weighted by Crippen LogP contribution is -2.21. The molecule has 2 rings (SSSR count). The highest BCUT2D eigenvalue weighted by molar-refractivity contribution is 5.95. The predicted octanol–water partition coefficient (Wildman–Crippen LogP) is 3.40. The van der Waals surface area contributed by atoms with E-state index in [1.54, 1.807) is 48.5 Å². The number of anilines is 2. The van der Waals surface area contributed by atoms with Crippen LogP contribution in [0.5, 0.6) is 0 Å². The van der Waals surface area contributed by atoms with Crippen LogP contribution in [0.15, 0.2) is 54.6 Å². The minimum atomic E-state index is -0.651. The Kier molecular flexibility index (Phi) is 9.22. The molecular formula is C23H26N2O6. The Bertz CT molecular complexity index is 894. The number of ether oxygens (including phenoxy) is 2.